The molecule has 1 unspecified atom stereocenters. The molecular weight excluding hydrogens is 230 g/mol. The number of urea groups is 1. The van der Waals surface area contributed by atoms with Crippen LogP contribution in [0.4, 0.5) is 10.5 Å². The maximum absolute atomic E-state index is 11.8. The van der Waals surface area contributed by atoms with Crippen LogP contribution in [0.5, 0.6) is 0 Å². The number of amides is 3. The third-order valence-corrected chi connectivity index (χ3v) is 2.62. The van der Waals surface area contributed by atoms with E-state index in [0.29, 0.717) is 11.3 Å². The van der Waals surface area contributed by atoms with Crippen molar-refractivity contribution in [3.05, 3.63) is 29.8 Å². The Morgan fingerprint density at radius 1 is 1.22 bits per heavy atom. The predicted molar refractivity (Wildman–Crippen MR) is 71.7 cm³/mol. The first-order chi connectivity index (χ1) is 8.56. The number of benzene rings is 1. The van der Waals surface area contributed by atoms with E-state index >= 15 is 0 Å². The molecule has 3 N–H and O–H groups in total. The zero-order valence-electron chi connectivity index (χ0n) is 10.9. The highest BCUT2D eigenvalue weighted by atomic mass is 16.2. The van der Waals surface area contributed by atoms with Gasteiger partial charge in [0.25, 0.3) is 5.91 Å². The third-order valence-electron chi connectivity index (χ3n) is 2.62. The van der Waals surface area contributed by atoms with Gasteiger partial charge >= 0.3 is 6.03 Å². The molecule has 0 aromatic heterocycles. The molecule has 0 aliphatic carbocycles. The Morgan fingerprint density at radius 3 is 2.33 bits per heavy atom. The maximum Gasteiger partial charge on any atom is 0.318 e. The molecular formula is C13H19N3O2. The van der Waals surface area contributed by atoms with Crippen LogP contribution in [-0.2, 0) is 0 Å². The van der Waals surface area contributed by atoms with Crippen molar-refractivity contribution in [2.24, 2.45) is 0 Å². The van der Waals surface area contributed by atoms with Crippen LogP contribution in [0.2, 0.25) is 0 Å². The molecule has 0 radical (unpaired) electrons. The van der Waals surface area contributed by atoms with Crippen molar-refractivity contribution in [3.8, 4) is 0 Å². The Hall–Kier alpha value is -2.04. The van der Waals surface area contributed by atoms with Crippen LogP contribution in [0.1, 0.15) is 30.6 Å². The summed E-state index contributed by atoms with van der Waals surface area (Å²) in [4.78, 5) is 22.9. The summed E-state index contributed by atoms with van der Waals surface area (Å²) in [5.74, 6) is -0.101. The number of hydrogen-bond donors (Lipinski definition) is 3. The molecule has 18 heavy (non-hydrogen) atoms. The number of rotatable bonds is 4. The minimum Gasteiger partial charge on any atom is -0.350 e. The Morgan fingerprint density at radius 2 is 1.83 bits per heavy atom. The molecule has 0 spiro atoms. The summed E-state index contributed by atoms with van der Waals surface area (Å²) < 4.78 is 0. The average Bonchev–Trinajstić information content (AvgIpc) is 2.39. The summed E-state index contributed by atoms with van der Waals surface area (Å²) in [5.41, 5.74) is 1.23. The van der Waals surface area contributed by atoms with Gasteiger partial charge in [-0.3, -0.25) is 4.79 Å². The van der Waals surface area contributed by atoms with Crippen molar-refractivity contribution in [3.63, 3.8) is 0 Å². The molecule has 98 valence electrons. The minimum absolute atomic E-state index is 0.101. The van der Waals surface area contributed by atoms with E-state index < -0.39 is 0 Å². The summed E-state index contributed by atoms with van der Waals surface area (Å²) in [6, 6.07) is 6.63. The van der Waals surface area contributed by atoms with Crippen molar-refractivity contribution in [2.45, 2.75) is 26.3 Å². The van der Waals surface area contributed by atoms with E-state index in [1.807, 2.05) is 13.8 Å². The second kappa shape index (κ2) is 6.64. The first kappa shape index (κ1) is 14.0. The standard InChI is InChI=1S/C13H19N3O2/c1-4-9(2)15-12(17)10-5-7-11(8-6-10)16-13(18)14-3/h5-9H,4H2,1-3H3,(H,15,17)(H2,14,16,18). The first-order valence-corrected chi connectivity index (χ1v) is 5.96. The summed E-state index contributed by atoms with van der Waals surface area (Å²) in [6.45, 7) is 3.97. The molecule has 0 fully saturated rings. The fourth-order valence-electron chi connectivity index (χ4n) is 1.31. The second-order valence-corrected chi connectivity index (χ2v) is 4.06. The quantitative estimate of drug-likeness (QED) is 0.763. The van der Waals surface area contributed by atoms with Crippen LogP contribution in [0.25, 0.3) is 0 Å². The maximum atomic E-state index is 11.8. The fraction of sp³-hybridized carbons (Fsp3) is 0.385. The number of anilines is 1. The lowest BCUT2D eigenvalue weighted by Crippen LogP contribution is -2.31. The van der Waals surface area contributed by atoms with Crippen molar-refractivity contribution in [1.82, 2.24) is 10.6 Å². The predicted octanol–water partition coefficient (Wildman–Crippen LogP) is 1.97. The molecule has 1 rings (SSSR count). The lowest BCUT2D eigenvalue weighted by molar-refractivity contribution is 0.0939. The largest absolute Gasteiger partial charge is 0.350 e. The molecule has 0 bridgehead atoms. The number of carbonyl (C=O) groups excluding carboxylic acids is 2. The molecule has 0 aliphatic rings. The summed E-state index contributed by atoms with van der Waals surface area (Å²) in [6.07, 6.45) is 0.891. The monoisotopic (exact) mass is 249 g/mol. The lowest BCUT2D eigenvalue weighted by atomic mass is 10.1. The van der Waals surface area contributed by atoms with Gasteiger partial charge in [-0.25, -0.2) is 4.79 Å². The molecule has 0 aliphatic heterocycles. The first-order valence-electron chi connectivity index (χ1n) is 5.96. The van der Waals surface area contributed by atoms with Crippen LogP contribution >= 0.6 is 0 Å². The highest BCUT2D eigenvalue weighted by molar-refractivity contribution is 5.95. The average molecular weight is 249 g/mol. The molecule has 0 heterocycles. The Balaban J connectivity index is 2.65. The SMILES string of the molecule is CCC(C)NC(=O)c1ccc(NC(=O)NC)cc1. The van der Waals surface area contributed by atoms with E-state index in [1.54, 1.807) is 31.3 Å². The zero-order valence-corrected chi connectivity index (χ0v) is 10.9. The van der Waals surface area contributed by atoms with Crippen molar-refractivity contribution in [1.29, 1.82) is 0 Å². The van der Waals surface area contributed by atoms with Gasteiger partial charge in [-0.05, 0) is 37.6 Å². The number of hydrogen-bond acceptors (Lipinski definition) is 2. The van der Waals surface area contributed by atoms with E-state index in [-0.39, 0.29) is 18.0 Å². The van der Waals surface area contributed by atoms with Gasteiger partial charge in [-0.2, -0.15) is 0 Å². The normalized spacial score (nSPS) is 11.5. The summed E-state index contributed by atoms with van der Waals surface area (Å²) >= 11 is 0. The number of nitrogens with one attached hydrogen (secondary N) is 3. The van der Waals surface area contributed by atoms with Gasteiger partial charge in [0, 0.05) is 24.3 Å². The molecule has 5 heteroatoms. The Labute approximate surface area is 107 Å². The molecule has 1 aromatic rings. The lowest BCUT2D eigenvalue weighted by Gasteiger charge is -2.11. The Bertz CT molecular complexity index is 415. The third kappa shape index (κ3) is 4.08. The van der Waals surface area contributed by atoms with Gasteiger partial charge < -0.3 is 16.0 Å². The van der Waals surface area contributed by atoms with Crippen LogP contribution in [0, 0.1) is 0 Å². The summed E-state index contributed by atoms with van der Waals surface area (Å²) in [5, 5.41) is 7.96. The van der Waals surface area contributed by atoms with Gasteiger partial charge in [-0.15, -0.1) is 0 Å². The Kier molecular flexibility index (Phi) is 5.17. The minimum atomic E-state index is -0.285. The van der Waals surface area contributed by atoms with Gasteiger partial charge in [0.05, 0.1) is 0 Å². The van der Waals surface area contributed by atoms with Gasteiger partial charge in [0.1, 0.15) is 0 Å². The van der Waals surface area contributed by atoms with Gasteiger partial charge in [0.15, 0.2) is 0 Å². The second-order valence-electron chi connectivity index (χ2n) is 4.06. The van der Waals surface area contributed by atoms with E-state index in [0.717, 1.165) is 6.42 Å². The van der Waals surface area contributed by atoms with Crippen LogP contribution < -0.4 is 16.0 Å². The van der Waals surface area contributed by atoms with Crippen LogP contribution in [0.3, 0.4) is 0 Å². The van der Waals surface area contributed by atoms with Crippen LogP contribution in [0.15, 0.2) is 24.3 Å². The van der Waals surface area contributed by atoms with Crippen molar-refractivity contribution >= 4 is 17.6 Å². The highest BCUT2D eigenvalue weighted by Crippen LogP contribution is 2.09. The van der Waals surface area contributed by atoms with Crippen molar-refractivity contribution in [2.75, 3.05) is 12.4 Å². The molecule has 0 saturated heterocycles. The number of carbonyl (C=O) groups is 2. The molecule has 5 nitrogen and oxygen atoms in total. The molecule has 1 atom stereocenters. The van der Waals surface area contributed by atoms with E-state index in [1.165, 1.54) is 0 Å². The molecule has 3 amide bonds. The topological polar surface area (TPSA) is 70.2 Å². The molecule has 1 aromatic carbocycles. The molecule has 0 saturated carbocycles. The van der Waals surface area contributed by atoms with Crippen LogP contribution in [-0.4, -0.2) is 25.0 Å². The summed E-state index contributed by atoms with van der Waals surface area (Å²) in [7, 11) is 1.54. The van der Waals surface area contributed by atoms with E-state index in [2.05, 4.69) is 16.0 Å². The fourth-order valence-corrected chi connectivity index (χ4v) is 1.31. The van der Waals surface area contributed by atoms with Crippen molar-refractivity contribution < 1.29 is 9.59 Å². The van der Waals surface area contributed by atoms with E-state index in [9.17, 15) is 9.59 Å². The van der Waals surface area contributed by atoms with E-state index in [4.69, 9.17) is 0 Å². The zero-order chi connectivity index (χ0) is 13.5. The van der Waals surface area contributed by atoms with Gasteiger partial charge in [-0.1, -0.05) is 6.92 Å². The highest BCUT2D eigenvalue weighted by Gasteiger charge is 2.08. The van der Waals surface area contributed by atoms with Gasteiger partial charge in [0.2, 0.25) is 0 Å². The smallest absolute Gasteiger partial charge is 0.318 e.